The van der Waals surface area contributed by atoms with Crippen LogP contribution in [0, 0.1) is 5.41 Å². The zero-order valence-electron chi connectivity index (χ0n) is 8.57. The fraction of sp³-hybridized carbons (Fsp3) is 0.889. The molecule has 84 valence electrons. The number of rotatable bonds is 5. The fourth-order valence-electron chi connectivity index (χ4n) is 0.549. The lowest BCUT2D eigenvalue weighted by atomic mass is 9.91. The second-order valence-corrected chi connectivity index (χ2v) is 3.80. The maximum atomic E-state index is 12.4. The summed E-state index contributed by atoms with van der Waals surface area (Å²) >= 11 is 0. The average molecular weight is 212 g/mol. The van der Waals surface area contributed by atoms with Crippen LogP contribution in [0.2, 0.25) is 0 Å². The number of halogens is 3. The van der Waals surface area contributed by atoms with E-state index in [4.69, 9.17) is 0 Å². The summed E-state index contributed by atoms with van der Waals surface area (Å²) in [5.74, 6) is -4.30. The Morgan fingerprint density at radius 1 is 1.36 bits per heavy atom. The molecule has 0 saturated heterocycles. The van der Waals surface area contributed by atoms with Crippen LogP contribution in [0.5, 0.6) is 0 Å². The molecule has 14 heavy (non-hydrogen) atoms. The van der Waals surface area contributed by atoms with Crippen molar-refractivity contribution in [1.29, 1.82) is 0 Å². The van der Waals surface area contributed by atoms with Crippen molar-refractivity contribution in [3.63, 3.8) is 0 Å². The molecule has 0 unspecified atom stereocenters. The van der Waals surface area contributed by atoms with E-state index < -0.39 is 30.6 Å². The van der Waals surface area contributed by atoms with Crippen molar-refractivity contribution < 1.29 is 22.7 Å². The number of hydrogen-bond acceptors (Lipinski definition) is 2. The topological polar surface area (TPSA) is 26.3 Å². The molecule has 0 spiro atoms. The first kappa shape index (κ1) is 13.3. The van der Waals surface area contributed by atoms with E-state index in [2.05, 4.69) is 4.74 Å². The first-order valence-electron chi connectivity index (χ1n) is 4.36. The molecule has 0 heterocycles. The van der Waals surface area contributed by atoms with Gasteiger partial charge in [-0.2, -0.15) is 8.78 Å². The largest absolute Gasteiger partial charge is 0.459 e. The van der Waals surface area contributed by atoms with Crippen molar-refractivity contribution in [3.05, 3.63) is 0 Å². The third-order valence-electron chi connectivity index (χ3n) is 2.05. The van der Waals surface area contributed by atoms with Crippen LogP contribution in [0.15, 0.2) is 0 Å². The van der Waals surface area contributed by atoms with Crippen LogP contribution in [0.25, 0.3) is 0 Å². The normalized spacial score (nSPS) is 12.7. The quantitative estimate of drug-likeness (QED) is 0.655. The van der Waals surface area contributed by atoms with E-state index in [-0.39, 0.29) is 0 Å². The van der Waals surface area contributed by atoms with Gasteiger partial charge in [0.25, 0.3) is 0 Å². The Kier molecular flexibility index (Phi) is 4.42. The van der Waals surface area contributed by atoms with Crippen LogP contribution >= 0.6 is 0 Å². The van der Waals surface area contributed by atoms with Crippen molar-refractivity contribution in [2.75, 3.05) is 13.3 Å². The van der Waals surface area contributed by atoms with Gasteiger partial charge >= 0.3 is 11.9 Å². The van der Waals surface area contributed by atoms with E-state index in [1.165, 1.54) is 0 Å². The van der Waals surface area contributed by atoms with Crippen molar-refractivity contribution in [1.82, 2.24) is 0 Å². The Bertz CT molecular complexity index is 202. The predicted molar refractivity (Wildman–Crippen MR) is 46.0 cm³/mol. The molecule has 0 rings (SSSR count). The lowest BCUT2D eigenvalue weighted by molar-refractivity contribution is -0.166. The van der Waals surface area contributed by atoms with Gasteiger partial charge in [0.1, 0.15) is 0 Å². The zero-order chi connectivity index (χ0) is 11.4. The minimum absolute atomic E-state index is 0.479. The van der Waals surface area contributed by atoms with Gasteiger partial charge in [0, 0.05) is 0 Å². The van der Waals surface area contributed by atoms with Gasteiger partial charge in [0.2, 0.25) is 0 Å². The van der Waals surface area contributed by atoms with Crippen LogP contribution in [-0.4, -0.2) is 25.2 Å². The fourth-order valence-corrected chi connectivity index (χ4v) is 0.549. The van der Waals surface area contributed by atoms with Crippen molar-refractivity contribution in [2.45, 2.75) is 33.1 Å². The molecule has 0 aliphatic heterocycles. The molecule has 0 radical (unpaired) electrons. The van der Waals surface area contributed by atoms with Gasteiger partial charge in [-0.3, -0.25) is 4.79 Å². The minimum atomic E-state index is -3.57. The van der Waals surface area contributed by atoms with Crippen LogP contribution in [0.1, 0.15) is 27.2 Å². The van der Waals surface area contributed by atoms with E-state index in [1.807, 2.05) is 0 Å². The molecule has 0 aliphatic carbocycles. The molecule has 5 heteroatoms. The lowest BCUT2D eigenvalue weighted by Gasteiger charge is -2.21. The van der Waals surface area contributed by atoms with Crippen LogP contribution in [0.4, 0.5) is 13.2 Å². The summed E-state index contributed by atoms with van der Waals surface area (Å²) in [6.07, 6.45) is 0.479. The van der Waals surface area contributed by atoms with E-state index in [0.717, 1.165) is 0 Å². The summed E-state index contributed by atoms with van der Waals surface area (Å²) in [4.78, 5) is 11.2. The average Bonchev–Trinajstić information content (AvgIpc) is 2.14. The summed E-state index contributed by atoms with van der Waals surface area (Å²) in [5.41, 5.74) is -0.799. The predicted octanol–water partition coefficient (Wildman–Crippen LogP) is 2.57. The van der Waals surface area contributed by atoms with Gasteiger partial charge in [0.15, 0.2) is 13.3 Å². The van der Waals surface area contributed by atoms with Crippen molar-refractivity contribution in [3.8, 4) is 0 Å². The monoisotopic (exact) mass is 212 g/mol. The second kappa shape index (κ2) is 4.66. The molecule has 0 aliphatic rings. The van der Waals surface area contributed by atoms with Gasteiger partial charge in [-0.25, -0.2) is 4.39 Å². The SMILES string of the molecule is CCC(C)(C)C(=O)OCC(F)(F)CF. The summed E-state index contributed by atoms with van der Waals surface area (Å²) in [5, 5.41) is 0. The summed E-state index contributed by atoms with van der Waals surface area (Å²) in [6, 6.07) is 0. The Hall–Kier alpha value is -0.740. The highest BCUT2D eigenvalue weighted by atomic mass is 19.3. The maximum Gasteiger partial charge on any atom is 0.311 e. The third kappa shape index (κ3) is 3.98. The van der Waals surface area contributed by atoms with Crippen LogP contribution in [-0.2, 0) is 9.53 Å². The highest BCUT2D eigenvalue weighted by Gasteiger charge is 2.34. The molecule has 0 bridgehead atoms. The molecule has 0 atom stereocenters. The van der Waals surface area contributed by atoms with Crippen LogP contribution in [0.3, 0.4) is 0 Å². The molecule has 0 N–H and O–H groups in total. The molecule has 0 amide bonds. The number of hydrogen-bond donors (Lipinski definition) is 0. The number of esters is 1. The maximum absolute atomic E-state index is 12.4. The summed E-state index contributed by atoms with van der Waals surface area (Å²) in [7, 11) is 0. The van der Waals surface area contributed by atoms with Gasteiger partial charge < -0.3 is 4.74 Å². The first-order valence-corrected chi connectivity index (χ1v) is 4.36. The molecule has 0 aromatic carbocycles. The zero-order valence-corrected chi connectivity index (χ0v) is 8.57. The Morgan fingerprint density at radius 2 is 1.86 bits per heavy atom. The number of alkyl halides is 3. The molecule has 0 saturated carbocycles. The van der Waals surface area contributed by atoms with Gasteiger partial charge in [-0.15, -0.1) is 0 Å². The van der Waals surface area contributed by atoms with E-state index in [1.54, 1.807) is 20.8 Å². The third-order valence-corrected chi connectivity index (χ3v) is 2.05. The Labute approximate surface area is 81.4 Å². The van der Waals surface area contributed by atoms with Gasteiger partial charge in [-0.1, -0.05) is 6.92 Å². The highest BCUT2D eigenvalue weighted by Crippen LogP contribution is 2.23. The standard InChI is InChI=1S/C9H15F3O2/c1-4-8(2,3)7(13)14-6-9(11,12)5-10/h4-6H2,1-3H3. The van der Waals surface area contributed by atoms with Crippen LogP contribution < -0.4 is 0 Å². The lowest BCUT2D eigenvalue weighted by Crippen LogP contribution is -2.33. The van der Waals surface area contributed by atoms with E-state index in [9.17, 15) is 18.0 Å². The van der Waals surface area contributed by atoms with Crippen molar-refractivity contribution in [2.24, 2.45) is 5.41 Å². The van der Waals surface area contributed by atoms with Gasteiger partial charge in [0.05, 0.1) is 5.41 Å². The Balaban J connectivity index is 4.10. The smallest absolute Gasteiger partial charge is 0.311 e. The summed E-state index contributed by atoms with van der Waals surface area (Å²) < 4.78 is 40.7. The second-order valence-electron chi connectivity index (χ2n) is 3.80. The molecule has 0 aromatic heterocycles. The first-order chi connectivity index (χ1) is 6.25. The summed E-state index contributed by atoms with van der Waals surface area (Å²) in [6.45, 7) is 1.92. The molecular weight excluding hydrogens is 197 g/mol. The molecule has 0 fully saturated rings. The molecule has 0 aromatic rings. The molecule has 2 nitrogen and oxygen atoms in total. The minimum Gasteiger partial charge on any atom is -0.459 e. The van der Waals surface area contributed by atoms with E-state index in [0.29, 0.717) is 6.42 Å². The number of carbonyl (C=O) groups excluding carboxylic acids is 1. The number of carbonyl (C=O) groups is 1. The molecular formula is C9H15F3O2. The highest BCUT2D eigenvalue weighted by molar-refractivity contribution is 5.75. The Morgan fingerprint density at radius 3 is 2.21 bits per heavy atom. The van der Waals surface area contributed by atoms with Crippen molar-refractivity contribution >= 4 is 5.97 Å². The number of ether oxygens (including phenoxy) is 1. The van der Waals surface area contributed by atoms with Gasteiger partial charge in [-0.05, 0) is 20.3 Å². The van der Waals surface area contributed by atoms with E-state index >= 15 is 0 Å².